The molecule has 1 unspecified atom stereocenters. The molecule has 16 nitrogen and oxygen atoms in total. The van der Waals surface area contributed by atoms with Crippen LogP contribution in [0.5, 0.6) is 11.5 Å². The van der Waals surface area contributed by atoms with Gasteiger partial charge in [0, 0.05) is 49.7 Å². The van der Waals surface area contributed by atoms with E-state index in [1.807, 2.05) is 32.0 Å². The van der Waals surface area contributed by atoms with Crippen LogP contribution in [0.2, 0.25) is 0 Å². The zero-order chi connectivity index (χ0) is 42.2. The highest BCUT2D eigenvalue weighted by Gasteiger charge is 2.38. The molecular weight excluding hydrogens is 764 g/mol. The number of carbonyl (C=O) groups excluding carboxylic acids is 4. The minimum atomic E-state index is -0.902. The van der Waals surface area contributed by atoms with Gasteiger partial charge in [0.25, 0.3) is 0 Å². The zero-order valence-electron chi connectivity index (χ0n) is 34.3. The molecule has 0 spiro atoms. The van der Waals surface area contributed by atoms with Crippen LogP contribution in [0.4, 0.5) is 14.0 Å². The third-order valence-corrected chi connectivity index (χ3v) is 11.1. The van der Waals surface area contributed by atoms with Crippen molar-refractivity contribution in [2.24, 2.45) is 5.92 Å². The quantitative estimate of drug-likeness (QED) is 0.0743. The summed E-state index contributed by atoms with van der Waals surface area (Å²) in [6.45, 7) is 6.53. The number of aryl methyl sites for hydroxylation is 1. The lowest BCUT2D eigenvalue weighted by atomic mass is 9.96. The Morgan fingerprint density at radius 3 is 2.39 bits per heavy atom. The number of carbonyl (C=O) groups is 4. The second-order valence-electron chi connectivity index (χ2n) is 15.0. The average Bonchev–Trinajstić information content (AvgIpc) is 4.04. The molecule has 5 atom stereocenters. The summed E-state index contributed by atoms with van der Waals surface area (Å²) >= 11 is 0. The molecule has 2 aliphatic heterocycles. The highest BCUT2D eigenvalue weighted by atomic mass is 19.1. The van der Waals surface area contributed by atoms with Crippen LogP contribution in [0.1, 0.15) is 81.7 Å². The lowest BCUT2D eigenvalue weighted by Crippen LogP contribution is -2.53. The molecule has 6 rings (SSSR count). The number of nitrogens with one attached hydrogen (secondary N) is 5. The van der Waals surface area contributed by atoms with Crippen LogP contribution in [-0.2, 0) is 36.6 Å². The molecule has 17 heteroatoms. The zero-order valence-corrected chi connectivity index (χ0v) is 34.3. The fourth-order valence-corrected chi connectivity index (χ4v) is 7.44. The van der Waals surface area contributed by atoms with Gasteiger partial charge in [0.2, 0.25) is 11.8 Å². The molecule has 1 saturated heterocycles. The van der Waals surface area contributed by atoms with Crippen LogP contribution in [0.15, 0.2) is 42.7 Å². The molecule has 2 aromatic carbocycles. The number of H-pyrrole nitrogens is 2. The van der Waals surface area contributed by atoms with Crippen LogP contribution in [-0.4, -0.2) is 101 Å². The second-order valence-corrected chi connectivity index (χ2v) is 15.0. The van der Waals surface area contributed by atoms with Gasteiger partial charge in [-0.15, -0.1) is 0 Å². The van der Waals surface area contributed by atoms with Crippen molar-refractivity contribution in [1.82, 2.24) is 40.8 Å². The van der Waals surface area contributed by atoms with Crippen molar-refractivity contribution in [1.29, 1.82) is 0 Å². The lowest BCUT2D eigenvalue weighted by molar-refractivity contribution is -0.135. The first kappa shape index (κ1) is 42.6. The Balaban J connectivity index is 1.06. The minimum Gasteiger partial charge on any atom is -0.457 e. The maximum absolute atomic E-state index is 15.6. The highest BCUT2D eigenvalue weighted by molar-refractivity contribution is 5.87. The Bertz CT molecular complexity index is 2140. The average molecular weight is 817 g/mol. The number of amides is 4. The predicted octanol–water partition coefficient (Wildman–Crippen LogP) is 5.94. The summed E-state index contributed by atoms with van der Waals surface area (Å²) in [5.41, 5.74) is 4.12. The number of hydrogen-bond acceptors (Lipinski definition) is 10. The highest BCUT2D eigenvalue weighted by Crippen LogP contribution is 2.41. The van der Waals surface area contributed by atoms with Crippen molar-refractivity contribution in [2.45, 2.75) is 89.9 Å². The number of nitrogens with zero attached hydrogens (tertiary/aromatic N) is 3. The van der Waals surface area contributed by atoms with E-state index in [9.17, 15) is 19.2 Å². The number of aromatic nitrogens is 4. The molecule has 2 aromatic heterocycles. The molecule has 5 N–H and O–H groups in total. The number of methoxy groups -OCH3 is 3. The van der Waals surface area contributed by atoms with Gasteiger partial charge in [-0.25, -0.2) is 23.9 Å². The number of aromatic amines is 2. The first-order chi connectivity index (χ1) is 28.4. The molecule has 4 amide bonds. The third kappa shape index (κ3) is 9.84. The Morgan fingerprint density at radius 2 is 1.66 bits per heavy atom. The third-order valence-electron chi connectivity index (χ3n) is 11.1. The SMILES string of the molecule is CC[C@H](C)[C@H](NC(=O)OC)C(=O)N1CCC[C@H]1c1ncc(-c2ccc3c(c2)Cc2cc(F)c(-c4cnc(CCCCNC(=O)C(NC(=O)OC)[C@@H](C)OC)[nH]4)cc2O3)[nH]1. The molecule has 4 aromatic rings. The molecular formula is C42H53FN8O8. The largest absolute Gasteiger partial charge is 0.457 e. The number of halogens is 1. The van der Waals surface area contributed by atoms with E-state index < -0.39 is 36.2 Å². The fraction of sp³-hybridized carbons (Fsp3) is 0.476. The number of ether oxygens (including phenoxy) is 4. The van der Waals surface area contributed by atoms with E-state index >= 15 is 4.39 Å². The van der Waals surface area contributed by atoms with Crippen molar-refractivity contribution in [3.8, 4) is 34.0 Å². The number of likely N-dealkylation sites (tertiary alicyclic amines) is 1. The van der Waals surface area contributed by atoms with Crippen LogP contribution in [0.3, 0.4) is 0 Å². The van der Waals surface area contributed by atoms with Gasteiger partial charge in [-0.1, -0.05) is 20.3 Å². The lowest BCUT2D eigenvalue weighted by Gasteiger charge is -2.30. The molecule has 59 heavy (non-hydrogen) atoms. The second kappa shape index (κ2) is 19.2. The monoisotopic (exact) mass is 816 g/mol. The van der Waals surface area contributed by atoms with Gasteiger partial charge < -0.3 is 49.8 Å². The summed E-state index contributed by atoms with van der Waals surface area (Å²) < 4.78 is 36.6. The molecule has 1 fully saturated rings. The van der Waals surface area contributed by atoms with Gasteiger partial charge >= 0.3 is 12.2 Å². The van der Waals surface area contributed by atoms with Crippen molar-refractivity contribution < 1.29 is 42.5 Å². The van der Waals surface area contributed by atoms with Crippen molar-refractivity contribution in [3.05, 3.63) is 71.3 Å². The molecule has 2 aliphatic rings. The molecule has 0 saturated carbocycles. The van der Waals surface area contributed by atoms with E-state index in [0.717, 1.165) is 29.7 Å². The van der Waals surface area contributed by atoms with Gasteiger partial charge in [0.1, 0.15) is 41.0 Å². The van der Waals surface area contributed by atoms with E-state index in [4.69, 9.17) is 14.2 Å². The van der Waals surface area contributed by atoms with Gasteiger partial charge in [0.15, 0.2) is 0 Å². The summed E-state index contributed by atoms with van der Waals surface area (Å²) in [4.78, 5) is 67.7. The van der Waals surface area contributed by atoms with Gasteiger partial charge in [-0.2, -0.15) is 0 Å². The van der Waals surface area contributed by atoms with Crippen LogP contribution in [0.25, 0.3) is 22.5 Å². The Hall–Kier alpha value is -5.97. The van der Waals surface area contributed by atoms with Crippen molar-refractivity contribution in [3.63, 3.8) is 0 Å². The summed E-state index contributed by atoms with van der Waals surface area (Å²) in [7, 11) is 3.96. The standard InChI is InChI=1S/C42H53FN8O8/c1-7-23(2)36(49-41(54)57-5)40(53)51-16-10-11-32(51)38-46-21-30(48-38)25-13-14-33-26(17-25)18-27-19-29(43)28(20-34(27)59-33)31-22-45-35(47-31)12-8-9-15-44-39(52)37(24(3)56-4)50-42(55)58-6/h13-14,17,19-24,32,36-37H,7-12,15-16,18H2,1-6H3,(H,44,52)(H,45,47)(H,46,48)(H,49,54)(H,50,55)/t23-,24+,32-,36-,37?/m0/s1. The number of unbranched alkanes of at least 4 members (excludes halogenated alkanes) is 1. The first-order valence-corrected chi connectivity index (χ1v) is 20.0. The Kier molecular flexibility index (Phi) is 13.9. The van der Waals surface area contributed by atoms with E-state index in [2.05, 4.69) is 40.6 Å². The van der Waals surface area contributed by atoms with E-state index in [-0.39, 0.29) is 23.8 Å². The fourth-order valence-electron chi connectivity index (χ4n) is 7.44. The summed E-state index contributed by atoms with van der Waals surface area (Å²) in [5.74, 6) is 1.55. The van der Waals surface area contributed by atoms with Crippen LogP contribution in [0, 0.1) is 11.7 Å². The van der Waals surface area contributed by atoms with Crippen LogP contribution < -0.4 is 20.7 Å². The summed E-state index contributed by atoms with van der Waals surface area (Å²) in [6, 6.07) is 7.14. The smallest absolute Gasteiger partial charge is 0.407 e. The maximum atomic E-state index is 15.6. The number of imidazole rings is 2. The normalized spacial score (nSPS) is 16.5. The minimum absolute atomic E-state index is 0.0850. The number of alkyl carbamates (subject to hydrolysis) is 2. The van der Waals surface area contributed by atoms with Gasteiger partial charge in [-0.3, -0.25) is 9.59 Å². The molecule has 0 bridgehead atoms. The Labute approximate surface area is 342 Å². The number of hydrogen-bond donors (Lipinski definition) is 5. The van der Waals surface area contributed by atoms with Gasteiger partial charge in [-0.05, 0) is 74.4 Å². The van der Waals surface area contributed by atoms with Crippen LogP contribution >= 0.6 is 0 Å². The number of fused-ring (bicyclic) bond motifs is 2. The summed E-state index contributed by atoms with van der Waals surface area (Å²) in [6.07, 6.45) is 6.08. The summed E-state index contributed by atoms with van der Waals surface area (Å²) in [5, 5.41) is 8.03. The Morgan fingerprint density at radius 1 is 0.932 bits per heavy atom. The maximum Gasteiger partial charge on any atom is 0.407 e. The van der Waals surface area contributed by atoms with E-state index in [1.54, 1.807) is 30.3 Å². The molecule has 4 heterocycles. The van der Waals surface area contributed by atoms with Crippen molar-refractivity contribution in [2.75, 3.05) is 34.4 Å². The van der Waals surface area contributed by atoms with E-state index in [0.29, 0.717) is 85.2 Å². The topological polar surface area (TPSA) is 202 Å². The van der Waals surface area contributed by atoms with Gasteiger partial charge in [0.05, 0.1) is 50.1 Å². The first-order valence-electron chi connectivity index (χ1n) is 20.0. The van der Waals surface area contributed by atoms with Crippen molar-refractivity contribution >= 4 is 24.0 Å². The number of rotatable bonds is 16. The molecule has 0 radical (unpaired) electrons. The number of benzene rings is 2. The predicted molar refractivity (Wildman–Crippen MR) is 215 cm³/mol. The molecule has 0 aliphatic carbocycles. The molecule has 316 valence electrons. The van der Waals surface area contributed by atoms with E-state index in [1.165, 1.54) is 27.4 Å².